The van der Waals surface area contributed by atoms with Gasteiger partial charge in [-0.3, -0.25) is 10.1 Å². The topological polar surface area (TPSA) is 93.9 Å². The van der Waals surface area contributed by atoms with Gasteiger partial charge >= 0.3 is 0 Å². The predicted octanol–water partition coefficient (Wildman–Crippen LogP) is 4.02. The second-order valence-electron chi connectivity index (χ2n) is 7.35. The Kier molecular flexibility index (Phi) is 4.44. The van der Waals surface area contributed by atoms with Gasteiger partial charge in [-0.15, -0.1) is 0 Å². The number of carbonyl (C=O) groups is 1. The van der Waals surface area contributed by atoms with Gasteiger partial charge in [0.1, 0.15) is 5.69 Å². The Hall–Kier alpha value is -3.04. The molecule has 2 aromatic heterocycles. The summed E-state index contributed by atoms with van der Waals surface area (Å²) in [5, 5.41) is 7.92. The maximum atomic E-state index is 13.1. The zero-order valence-corrected chi connectivity index (χ0v) is 17.7. The van der Waals surface area contributed by atoms with E-state index in [0.717, 1.165) is 24.2 Å². The van der Waals surface area contributed by atoms with Crippen molar-refractivity contribution in [2.75, 3.05) is 11.6 Å². The van der Waals surface area contributed by atoms with Gasteiger partial charge in [0, 0.05) is 12.2 Å². The third kappa shape index (κ3) is 3.61. The highest BCUT2D eigenvalue weighted by Gasteiger charge is 2.29. The van der Waals surface area contributed by atoms with Crippen molar-refractivity contribution in [3.63, 3.8) is 0 Å². The molecule has 2 heterocycles. The normalized spacial score (nSPS) is 14.2. The number of nitrogens with zero attached hydrogens (tertiary/aromatic N) is 3. The lowest BCUT2D eigenvalue weighted by Crippen LogP contribution is -2.16. The van der Waals surface area contributed by atoms with Gasteiger partial charge in [-0.2, -0.15) is 5.10 Å². The van der Waals surface area contributed by atoms with Crippen molar-refractivity contribution in [2.24, 2.45) is 0 Å². The maximum absolute atomic E-state index is 13.1. The molecule has 4 aromatic rings. The van der Waals surface area contributed by atoms with Crippen LogP contribution in [-0.4, -0.2) is 35.3 Å². The Morgan fingerprint density at radius 1 is 1.13 bits per heavy atom. The number of amides is 1. The Morgan fingerprint density at radius 2 is 1.90 bits per heavy atom. The summed E-state index contributed by atoms with van der Waals surface area (Å²) in [6, 6.07) is 16.1. The average Bonchev–Trinajstić information content (AvgIpc) is 3.34. The molecule has 2 aromatic carbocycles. The van der Waals surface area contributed by atoms with Crippen LogP contribution in [0.25, 0.3) is 15.9 Å². The molecule has 0 bridgehead atoms. The van der Waals surface area contributed by atoms with E-state index in [1.54, 1.807) is 16.8 Å². The van der Waals surface area contributed by atoms with E-state index < -0.39 is 9.84 Å². The summed E-state index contributed by atoms with van der Waals surface area (Å²) in [7, 11) is -3.31. The van der Waals surface area contributed by atoms with Gasteiger partial charge in [0.2, 0.25) is 0 Å². The van der Waals surface area contributed by atoms with E-state index in [2.05, 4.69) is 15.4 Å². The monoisotopic (exact) mass is 438 g/mol. The first-order chi connectivity index (χ1) is 14.4. The number of rotatable bonds is 5. The fraction of sp³-hybridized carbons (Fsp3) is 0.190. The molecule has 1 aliphatic rings. The fourth-order valence-electron chi connectivity index (χ4n) is 3.26. The van der Waals surface area contributed by atoms with Crippen molar-refractivity contribution in [3.8, 4) is 5.69 Å². The Labute approximate surface area is 177 Å². The first kappa shape index (κ1) is 19.0. The van der Waals surface area contributed by atoms with E-state index in [-0.39, 0.29) is 10.8 Å². The molecule has 0 aliphatic heterocycles. The number of aromatic nitrogens is 3. The van der Waals surface area contributed by atoms with Crippen LogP contribution in [0.2, 0.25) is 0 Å². The lowest BCUT2D eigenvalue weighted by atomic mass is 10.2. The number of para-hydroxylation sites is 1. The summed E-state index contributed by atoms with van der Waals surface area (Å²) in [4.78, 5) is 17.7. The smallest absolute Gasteiger partial charge is 0.276 e. The molecule has 5 rings (SSSR count). The third-order valence-electron chi connectivity index (χ3n) is 4.97. The van der Waals surface area contributed by atoms with Gasteiger partial charge in [0.15, 0.2) is 15.0 Å². The number of sulfone groups is 1. The van der Waals surface area contributed by atoms with Crippen LogP contribution >= 0.6 is 11.3 Å². The van der Waals surface area contributed by atoms with Gasteiger partial charge < -0.3 is 0 Å². The minimum absolute atomic E-state index is 0.229. The molecule has 0 unspecified atom stereocenters. The summed E-state index contributed by atoms with van der Waals surface area (Å²) >= 11 is 1.24. The number of nitrogens with one attached hydrogen (secondary N) is 1. The number of hydrogen-bond acceptors (Lipinski definition) is 6. The van der Waals surface area contributed by atoms with Gasteiger partial charge in [-0.1, -0.05) is 29.5 Å². The van der Waals surface area contributed by atoms with Crippen molar-refractivity contribution in [1.82, 2.24) is 14.8 Å². The standard InChI is InChI=1S/C21H18N4O3S2/c1-30(27,28)15-9-10-16-19(11-15)29-21(22-16)23-20(26)18-12-17(13-7-8-13)24-25(18)14-5-3-2-4-6-14/h2-6,9-13H,7-8H2,1H3,(H,22,23,26). The summed E-state index contributed by atoms with van der Waals surface area (Å²) < 4.78 is 25.9. The number of benzene rings is 2. The second-order valence-corrected chi connectivity index (χ2v) is 10.4. The van der Waals surface area contributed by atoms with E-state index in [9.17, 15) is 13.2 Å². The van der Waals surface area contributed by atoms with Crippen molar-refractivity contribution in [1.29, 1.82) is 0 Å². The first-order valence-electron chi connectivity index (χ1n) is 9.46. The summed E-state index contributed by atoms with van der Waals surface area (Å²) in [6.45, 7) is 0. The lowest BCUT2D eigenvalue weighted by molar-refractivity contribution is 0.101. The molecule has 1 aliphatic carbocycles. The molecular weight excluding hydrogens is 420 g/mol. The SMILES string of the molecule is CS(=O)(=O)c1ccc2nc(NC(=O)c3cc(C4CC4)nn3-c3ccccc3)sc2c1. The van der Waals surface area contributed by atoms with Crippen molar-refractivity contribution >= 4 is 42.4 Å². The molecule has 30 heavy (non-hydrogen) atoms. The van der Waals surface area contributed by atoms with Gasteiger partial charge in [0.25, 0.3) is 5.91 Å². The molecule has 1 amide bonds. The number of fused-ring (bicyclic) bond motifs is 1. The van der Waals surface area contributed by atoms with Crippen LogP contribution in [0.5, 0.6) is 0 Å². The van der Waals surface area contributed by atoms with Crippen LogP contribution in [0, 0.1) is 0 Å². The summed E-state index contributed by atoms with van der Waals surface area (Å²) in [6.07, 6.45) is 3.35. The second kappa shape index (κ2) is 7.03. The van der Waals surface area contributed by atoms with E-state index in [0.29, 0.717) is 27.0 Å². The third-order valence-corrected chi connectivity index (χ3v) is 7.01. The number of carbonyl (C=O) groups excluding carboxylic acids is 1. The molecule has 152 valence electrons. The highest BCUT2D eigenvalue weighted by molar-refractivity contribution is 7.90. The average molecular weight is 439 g/mol. The molecule has 7 nitrogen and oxygen atoms in total. The molecular formula is C21H18N4O3S2. The molecule has 0 spiro atoms. The van der Waals surface area contributed by atoms with Crippen LogP contribution in [0.1, 0.15) is 34.9 Å². The highest BCUT2D eigenvalue weighted by Crippen LogP contribution is 2.40. The largest absolute Gasteiger partial charge is 0.296 e. The van der Waals surface area contributed by atoms with Crippen LogP contribution in [0.3, 0.4) is 0 Å². The zero-order valence-electron chi connectivity index (χ0n) is 16.1. The highest BCUT2D eigenvalue weighted by atomic mass is 32.2. The Balaban J connectivity index is 1.48. The van der Waals surface area contributed by atoms with Crippen LogP contribution in [0.15, 0.2) is 59.5 Å². The molecule has 0 atom stereocenters. The number of thiazole rings is 1. The molecule has 1 fully saturated rings. The van der Waals surface area contributed by atoms with E-state index in [1.807, 2.05) is 36.4 Å². The van der Waals surface area contributed by atoms with E-state index in [1.165, 1.54) is 23.7 Å². The minimum Gasteiger partial charge on any atom is -0.296 e. The quantitative estimate of drug-likeness (QED) is 0.508. The van der Waals surface area contributed by atoms with Crippen LogP contribution in [0.4, 0.5) is 5.13 Å². The Bertz CT molecular complexity index is 1370. The minimum atomic E-state index is -3.31. The summed E-state index contributed by atoms with van der Waals surface area (Å²) in [5.74, 6) is 0.110. The molecule has 1 saturated carbocycles. The van der Waals surface area contributed by atoms with Crippen LogP contribution in [-0.2, 0) is 9.84 Å². The van der Waals surface area contributed by atoms with Gasteiger partial charge in [0.05, 0.1) is 26.5 Å². The number of anilines is 1. The van der Waals surface area contributed by atoms with Crippen molar-refractivity contribution in [2.45, 2.75) is 23.7 Å². The lowest BCUT2D eigenvalue weighted by Gasteiger charge is -2.06. The molecule has 0 saturated heterocycles. The van der Waals surface area contributed by atoms with E-state index in [4.69, 9.17) is 0 Å². The van der Waals surface area contributed by atoms with Gasteiger partial charge in [-0.05, 0) is 49.2 Å². The van der Waals surface area contributed by atoms with Crippen molar-refractivity contribution in [3.05, 3.63) is 66.0 Å². The van der Waals surface area contributed by atoms with E-state index >= 15 is 0 Å². The van der Waals surface area contributed by atoms with Crippen LogP contribution < -0.4 is 5.32 Å². The predicted molar refractivity (Wildman–Crippen MR) is 116 cm³/mol. The molecule has 1 N–H and O–H groups in total. The Morgan fingerprint density at radius 3 is 2.60 bits per heavy atom. The summed E-state index contributed by atoms with van der Waals surface area (Å²) in [5.41, 5.74) is 2.82. The zero-order chi connectivity index (χ0) is 20.9. The first-order valence-corrected chi connectivity index (χ1v) is 12.2. The van der Waals surface area contributed by atoms with Gasteiger partial charge in [-0.25, -0.2) is 18.1 Å². The fourth-order valence-corrected chi connectivity index (χ4v) is 4.88. The molecule has 0 radical (unpaired) electrons. The van der Waals surface area contributed by atoms with Crippen molar-refractivity contribution < 1.29 is 13.2 Å². The molecule has 9 heteroatoms. The maximum Gasteiger partial charge on any atom is 0.276 e. The number of hydrogen-bond donors (Lipinski definition) is 1.